The number of rotatable bonds is 9. The van der Waals surface area contributed by atoms with Crippen molar-refractivity contribution < 1.29 is 18.4 Å². The quantitative estimate of drug-likeness (QED) is 0.262. The van der Waals surface area contributed by atoms with Crippen molar-refractivity contribution in [1.29, 1.82) is 0 Å². The molecule has 0 aromatic heterocycles. The van der Waals surface area contributed by atoms with Crippen LogP contribution in [0.2, 0.25) is 46.3 Å². The molecule has 0 spiro atoms. The zero-order valence-corrected chi connectivity index (χ0v) is 23.6. The number of carbonyl (C=O) groups excluding carboxylic acids is 1. The predicted octanol–water partition coefficient (Wildman–Crippen LogP) is 7.60. The van der Waals surface area contributed by atoms with E-state index in [2.05, 4.69) is 67.7 Å². The normalized spacial score (nSPS) is 13.6. The van der Waals surface area contributed by atoms with Gasteiger partial charge in [-0.3, -0.25) is 4.79 Å². The van der Waals surface area contributed by atoms with Gasteiger partial charge < -0.3 is 13.6 Å². The number of hydrogen-bond donors (Lipinski definition) is 0. The summed E-state index contributed by atoms with van der Waals surface area (Å²) in [6.07, 6.45) is 0.329. The molecular weight excluding hydrogens is 455 g/mol. The van der Waals surface area contributed by atoms with Gasteiger partial charge in [0.25, 0.3) is 0 Å². The van der Waals surface area contributed by atoms with E-state index in [1.54, 1.807) is 12.1 Å². The predicted molar refractivity (Wildman–Crippen MR) is 133 cm³/mol. The molecule has 30 heavy (non-hydrogen) atoms. The highest BCUT2D eigenvalue weighted by atomic mass is 35.5. The molecule has 0 aliphatic carbocycles. The average Bonchev–Trinajstić information content (AvgIpc) is 2.55. The van der Waals surface area contributed by atoms with Crippen LogP contribution in [0.25, 0.3) is 0 Å². The molecule has 0 atom stereocenters. The van der Waals surface area contributed by atoms with Crippen LogP contribution < -0.4 is 4.74 Å². The van der Waals surface area contributed by atoms with Gasteiger partial charge in [-0.15, -0.1) is 0 Å². The molecule has 0 N–H and O–H groups in total. The molecular formula is C22H38Cl2O4Si2. The van der Waals surface area contributed by atoms with Crippen molar-refractivity contribution >= 4 is 46.1 Å². The second-order valence-electron chi connectivity index (χ2n) is 10.8. The zero-order valence-electron chi connectivity index (χ0n) is 20.1. The Morgan fingerprint density at radius 1 is 0.867 bits per heavy atom. The van der Waals surface area contributed by atoms with Crippen LogP contribution in [0.5, 0.6) is 5.75 Å². The molecule has 1 aromatic rings. The third-order valence-electron chi connectivity index (χ3n) is 6.35. The largest absolute Gasteiger partial charge is 0.486 e. The summed E-state index contributed by atoms with van der Waals surface area (Å²) in [5.41, 5.74) is 0.261. The molecule has 0 heterocycles. The number of aldehydes is 1. The van der Waals surface area contributed by atoms with Crippen LogP contribution in [-0.2, 0) is 8.85 Å². The highest BCUT2D eigenvalue weighted by Gasteiger charge is 2.40. The molecule has 0 fully saturated rings. The fraction of sp³-hybridized carbons (Fsp3) is 0.682. The van der Waals surface area contributed by atoms with Crippen molar-refractivity contribution in [3.8, 4) is 5.75 Å². The minimum Gasteiger partial charge on any atom is -0.486 e. The van der Waals surface area contributed by atoms with Gasteiger partial charge in [0.15, 0.2) is 22.9 Å². The number of carbonyl (C=O) groups is 1. The van der Waals surface area contributed by atoms with Crippen molar-refractivity contribution in [2.45, 2.75) is 83.9 Å². The van der Waals surface area contributed by atoms with E-state index in [-0.39, 0.29) is 31.8 Å². The Morgan fingerprint density at radius 2 is 1.23 bits per heavy atom. The molecule has 1 aromatic carbocycles. The molecule has 0 unspecified atom stereocenters. The summed E-state index contributed by atoms with van der Waals surface area (Å²) in [5, 5.41) is 0.718. The van der Waals surface area contributed by atoms with Gasteiger partial charge in [0, 0.05) is 0 Å². The SMILES string of the molecule is CC(C)(C)[Si](C)(C)OCC(CO[Si](C)(C)C(C)(C)C)Oc1cc(Cl)c(C=O)c(Cl)c1. The van der Waals surface area contributed by atoms with Gasteiger partial charge in [0.05, 0.1) is 28.8 Å². The monoisotopic (exact) mass is 492 g/mol. The highest BCUT2D eigenvalue weighted by Crippen LogP contribution is 2.38. The highest BCUT2D eigenvalue weighted by molar-refractivity contribution is 6.74. The van der Waals surface area contributed by atoms with Crippen LogP contribution in [-0.4, -0.2) is 42.2 Å². The number of benzene rings is 1. The maximum absolute atomic E-state index is 11.2. The Hall–Kier alpha value is -0.376. The van der Waals surface area contributed by atoms with Gasteiger partial charge in [0.2, 0.25) is 0 Å². The molecule has 8 heteroatoms. The van der Waals surface area contributed by atoms with E-state index in [0.717, 1.165) is 0 Å². The van der Waals surface area contributed by atoms with Crippen molar-refractivity contribution in [2.75, 3.05) is 13.2 Å². The van der Waals surface area contributed by atoms with Crippen molar-refractivity contribution in [3.05, 3.63) is 27.7 Å². The smallest absolute Gasteiger partial charge is 0.192 e. The molecule has 0 saturated heterocycles. The first-order valence-corrected chi connectivity index (χ1v) is 16.9. The summed E-state index contributed by atoms with van der Waals surface area (Å²) in [7, 11) is -3.91. The summed E-state index contributed by atoms with van der Waals surface area (Å²) in [6, 6.07) is 3.23. The van der Waals surface area contributed by atoms with Gasteiger partial charge in [0.1, 0.15) is 11.9 Å². The van der Waals surface area contributed by atoms with Crippen LogP contribution in [0.3, 0.4) is 0 Å². The van der Waals surface area contributed by atoms with Crippen LogP contribution >= 0.6 is 23.2 Å². The summed E-state index contributed by atoms with van der Waals surface area (Å²) in [4.78, 5) is 11.2. The minimum atomic E-state index is -1.96. The van der Waals surface area contributed by atoms with Crippen molar-refractivity contribution in [3.63, 3.8) is 0 Å². The molecule has 4 nitrogen and oxygen atoms in total. The molecule has 0 radical (unpaired) electrons. The molecule has 0 aliphatic heterocycles. The number of halogens is 2. The Morgan fingerprint density at radius 3 is 1.53 bits per heavy atom. The van der Waals surface area contributed by atoms with Crippen LogP contribution in [0.15, 0.2) is 12.1 Å². The Balaban J connectivity index is 3.07. The lowest BCUT2D eigenvalue weighted by Crippen LogP contribution is -2.47. The van der Waals surface area contributed by atoms with Gasteiger partial charge in [-0.1, -0.05) is 64.7 Å². The second kappa shape index (κ2) is 10.0. The van der Waals surface area contributed by atoms with E-state index in [4.69, 9.17) is 36.8 Å². The zero-order chi connectivity index (χ0) is 23.5. The maximum Gasteiger partial charge on any atom is 0.192 e. The summed E-state index contributed by atoms with van der Waals surface area (Å²) in [5.74, 6) is 0.498. The lowest BCUT2D eigenvalue weighted by molar-refractivity contribution is 0.0706. The van der Waals surface area contributed by atoms with Crippen LogP contribution in [0.1, 0.15) is 51.9 Å². The second-order valence-corrected chi connectivity index (χ2v) is 21.2. The van der Waals surface area contributed by atoms with Crippen molar-refractivity contribution in [2.24, 2.45) is 0 Å². The summed E-state index contributed by atoms with van der Waals surface area (Å²) >= 11 is 12.4. The lowest BCUT2D eigenvalue weighted by Gasteiger charge is -2.39. The standard InChI is InChI=1S/C22H38Cl2O4Si2/c1-21(2,3)29(7,8)26-14-17(15-27-30(9,10)22(4,5)6)28-16-11-19(23)18(13-25)20(24)12-16/h11-13,17H,14-15H2,1-10H3. The third-order valence-corrected chi connectivity index (χ3v) is 16.0. The van der Waals surface area contributed by atoms with E-state index in [1.165, 1.54) is 0 Å². The van der Waals surface area contributed by atoms with E-state index in [1.807, 2.05) is 0 Å². The fourth-order valence-corrected chi connectivity index (χ4v) is 4.71. The van der Waals surface area contributed by atoms with Crippen LogP contribution in [0.4, 0.5) is 0 Å². The first kappa shape index (κ1) is 27.7. The molecule has 1 rings (SSSR count). The van der Waals surface area contributed by atoms with E-state index in [9.17, 15) is 4.79 Å². The van der Waals surface area contributed by atoms with E-state index in [0.29, 0.717) is 25.2 Å². The minimum absolute atomic E-state index is 0.0933. The first-order chi connectivity index (χ1) is 13.4. The fourth-order valence-electron chi connectivity index (χ4n) is 2.09. The molecule has 0 amide bonds. The van der Waals surface area contributed by atoms with Crippen molar-refractivity contribution in [1.82, 2.24) is 0 Å². The Labute approximate surface area is 194 Å². The molecule has 0 aliphatic rings. The van der Waals surface area contributed by atoms with Gasteiger partial charge in [-0.05, 0) is 48.4 Å². The van der Waals surface area contributed by atoms with Gasteiger partial charge in [-0.25, -0.2) is 0 Å². The summed E-state index contributed by atoms with van der Waals surface area (Å²) < 4.78 is 19.0. The summed E-state index contributed by atoms with van der Waals surface area (Å²) in [6.45, 7) is 22.9. The maximum atomic E-state index is 11.2. The average molecular weight is 494 g/mol. The third kappa shape index (κ3) is 7.35. The Kier molecular flexibility index (Phi) is 9.26. The molecule has 0 saturated carbocycles. The van der Waals surface area contributed by atoms with Gasteiger partial charge in [-0.2, -0.15) is 0 Å². The van der Waals surface area contributed by atoms with E-state index < -0.39 is 16.6 Å². The first-order valence-electron chi connectivity index (χ1n) is 10.3. The number of ether oxygens (including phenoxy) is 1. The van der Waals surface area contributed by atoms with E-state index >= 15 is 0 Å². The Bertz CT molecular complexity index is 685. The molecule has 0 bridgehead atoms. The molecule has 172 valence electrons. The number of hydrogen-bond acceptors (Lipinski definition) is 4. The lowest BCUT2D eigenvalue weighted by atomic mass is 10.2. The topological polar surface area (TPSA) is 44.8 Å². The van der Waals surface area contributed by atoms with Gasteiger partial charge >= 0.3 is 0 Å². The van der Waals surface area contributed by atoms with Crippen LogP contribution in [0, 0.1) is 0 Å².